The highest BCUT2D eigenvalue weighted by Gasteiger charge is 2.09. The normalized spacial score (nSPS) is 11.8. The Bertz CT molecular complexity index is 912. The van der Waals surface area contributed by atoms with E-state index in [9.17, 15) is 0 Å². The SMILES string of the molecule is CCCN(CCC)CCCOc1ccc2sc3ccc(OCCCN(CCC)CCC)cc3c2c1. The number of rotatable bonds is 18. The van der Waals surface area contributed by atoms with Crippen molar-refractivity contribution in [3.8, 4) is 11.5 Å². The molecule has 0 unspecified atom stereocenters. The molecule has 0 atom stereocenters. The fourth-order valence-corrected chi connectivity index (χ4v) is 5.87. The van der Waals surface area contributed by atoms with Gasteiger partial charge in [-0.2, -0.15) is 0 Å². The van der Waals surface area contributed by atoms with Crippen LogP contribution in [-0.4, -0.2) is 62.3 Å². The van der Waals surface area contributed by atoms with E-state index in [1.807, 2.05) is 11.3 Å². The molecule has 0 spiro atoms. The van der Waals surface area contributed by atoms with Crippen LogP contribution in [0.5, 0.6) is 11.5 Å². The second kappa shape index (κ2) is 15.3. The molecule has 0 saturated carbocycles. The third-order valence-electron chi connectivity index (χ3n) is 6.35. The molecule has 3 aromatic rings. The van der Waals surface area contributed by atoms with Crippen LogP contribution in [-0.2, 0) is 0 Å². The molecular formula is C30H46N2O2S. The Morgan fingerprint density at radius 2 is 0.971 bits per heavy atom. The maximum Gasteiger partial charge on any atom is 0.120 e. The van der Waals surface area contributed by atoms with Crippen molar-refractivity contribution in [2.45, 2.75) is 66.2 Å². The Morgan fingerprint density at radius 3 is 1.34 bits per heavy atom. The number of thiophene rings is 1. The van der Waals surface area contributed by atoms with Gasteiger partial charge >= 0.3 is 0 Å². The predicted octanol–water partition coefficient (Wildman–Crippen LogP) is 7.84. The first kappa shape index (κ1) is 27.8. The van der Waals surface area contributed by atoms with Gasteiger partial charge in [-0.05, 0) is 101 Å². The fraction of sp³-hybridized carbons (Fsp3) is 0.600. The average Bonchev–Trinajstić information content (AvgIpc) is 3.22. The first-order chi connectivity index (χ1) is 17.2. The Kier molecular flexibility index (Phi) is 12.2. The van der Waals surface area contributed by atoms with Crippen molar-refractivity contribution in [2.75, 3.05) is 52.5 Å². The first-order valence-electron chi connectivity index (χ1n) is 13.8. The van der Waals surface area contributed by atoms with Crippen LogP contribution in [0.4, 0.5) is 0 Å². The van der Waals surface area contributed by atoms with Crippen molar-refractivity contribution >= 4 is 31.5 Å². The quantitative estimate of drug-likeness (QED) is 0.167. The van der Waals surface area contributed by atoms with Crippen molar-refractivity contribution in [3.05, 3.63) is 36.4 Å². The summed E-state index contributed by atoms with van der Waals surface area (Å²) in [5, 5.41) is 2.53. The van der Waals surface area contributed by atoms with Crippen molar-refractivity contribution in [1.29, 1.82) is 0 Å². The molecule has 0 N–H and O–H groups in total. The molecule has 1 aromatic heterocycles. The summed E-state index contributed by atoms with van der Waals surface area (Å²) in [4.78, 5) is 5.09. The molecule has 0 amide bonds. The van der Waals surface area contributed by atoms with E-state index in [1.54, 1.807) is 0 Å². The minimum Gasteiger partial charge on any atom is -0.494 e. The molecule has 194 valence electrons. The Morgan fingerprint density at radius 1 is 0.571 bits per heavy atom. The summed E-state index contributed by atoms with van der Waals surface area (Å²) in [6.07, 6.45) is 6.98. The number of benzene rings is 2. The molecule has 0 aliphatic heterocycles. The van der Waals surface area contributed by atoms with E-state index in [0.717, 1.165) is 50.6 Å². The standard InChI is InChI=1S/C30H46N2O2S/c1-5-15-31(16-6-2)19-9-21-33-25-11-13-29-27(23-25)28-24-26(12-14-30(28)35-29)34-22-10-20-32(17-7-3)18-8-4/h11-14,23-24H,5-10,15-22H2,1-4H3. The van der Waals surface area contributed by atoms with Gasteiger partial charge in [-0.25, -0.2) is 0 Å². The summed E-state index contributed by atoms with van der Waals surface area (Å²) in [7, 11) is 0. The lowest BCUT2D eigenvalue weighted by Gasteiger charge is -2.20. The number of nitrogens with zero attached hydrogens (tertiary/aromatic N) is 2. The van der Waals surface area contributed by atoms with Crippen LogP contribution in [0.25, 0.3) is 20.2 Å². The summed E-state index contributed by atoms with van der Waals surface area (Å²) >= 11 is 1.84. The van der Waals surface area contributed by atoms with Crippen LogP contribution in [0.15, 0.2) is 36.4 Å². The van der Waals surface area contributed by atoms with E-state index in [0.29, 0.717) is 0 Å². The largest absolute Gasteiger partial charge is 0.494 e. The van der Waals surface area contributed by atoms with Gasteiger partial charge in [-0.3, -0.25) is 0 Å². The van der Waals surface area contributed by atoms with Gasteiger partial charge in [-0.1, -0.05) is 27.7 Å². The van der Waals surface area contributed by atoms with E-state index < -0.39 is 0 Å². The topological polar surface area (TPSA) is 24.9 Å². The van der Waals surface area contributed by atoms with E-state index in [2.05, 4.69) is 73.9 Å². The van der Waals surface area contributed by atoms with Crippen molar-refractivity contribution in [1.82, 2.24) is 9.80 Å². The minimum atomic E-state index is 0.763. The van der Waals surface area contributed by atoms with E-state index in [4.69, 9.17) is 9.47 Å². The monoisotopic (exact) mass is 498 g/mol. The zero-order valence-electron chi connectivity index (χ0n) is 22.5. The van der Waals surface area contributed by atoms with Crippen LogP contribution < -0.4 is 9.47 Å². The molecule has 1 heterocycles. The minimum absolute atomic E-state index is 0.763. The number of fused-ring (bicyclic) bond motifs is 3. The molecule has 0 aliphatic rings. The molecule has 0 bridgehead atoms. The van der Waals surface area contributed by atoms with Crippen LogP contribution in [0.1, 0.15) is 66.2 Å². The Hall–Kier alpha value is -1.82. The van der Waals surface area contributed by atoms with E-state index >= 15 is 0 Å². The molecule has 0 aliphatic carbocycles. The summed E-state index contributed by atoms with van der Waals surface area (Å²) in [6.45, 7) is 17.5. The van der Waals surface area contributed by atoms with Crippen molar-refractivity contribution in [3.63, 3.8) is 0 Å². The predicted molar refractivity (Wildman–Crippen MR) is 154 cm³/mol. The lowest BCUT2D eigenvalue weighted by atomic mass is 10.1. The molecule has 5 heteroatoms. The van der Waals surface area contributed by atoms with Gasteiger partial charge in [0.2, 0.25) is 0 Å². The zero-order chi connectivity index (χ0) is 24.9. The van der Waals surface area contributed by atoms with Gasteiger partial charge in [0.05, 0.1) is 13.2 Å². The molecule has 35 heavy (non-hydrogen) atoms. The van der Waals surface area contributed by atoms with E-state index in [-0.39, 0.29) is 0 Å². The number of hydrogen-bond donors (Lipinski definition) is 0. The lowest BCUT2D eigenvalue weighted by molar-refractivity contribution is 0.234. The molecular weight excluding hydrogens is 452 g/mol. The van der Waals surface area contributed by atoms with Crippen LogP contribution in [0, 0.1) is 0 Å². The average molecular weight is 499 g/mol. The van der Waals surface area contributed by atoms with Gasteiger partial charge in [0.15, 0.2) is 0 Å². The van der Waals surface area contributed by atoms with E-state index in [1.165, 1.54) is 72.0 Å². The van der Waals surface area contributed by atoms with Gasteiger partial charge in [0.1, 0.15) is 11.5 Å². The Balaban J connectivity index is 1.57. The maximum atomic E-state index is 6.15. The summed E-state index contributed by atoms with van der Waals surface area (Å²) < 4.78 is 14.9. The van der Waals surface area contributed by atoms with Gasteiger partial charge < -0.3 is 19.3 Å². The third kappa shape index (κ3) is 8.66. The highest BCUT2D eigenvalue weighted by atomic mass is 32.1. The summed E-state index contributed by atoms with van der Waals surface area (Å²) in [5.41, 5.74) is 0. The van der Waals surface area contributed by atoms with Crippen LogP contribution >= 0.6 is 11.3 Å². The molecule has 2 aromatic carbocycles. The molecule has 0 fully saturated rings. The smallest absolute Gasteiger partial charge is 0.120 e. The number of hydrogen-bond acceptors (Lipinski definition) is 5. The second-order valence-corrected chi connectivity index (χ2v) is 10.6. The Labute approximate surface area is 217 Å². The molecule has 0 saturated heterocycles. The molecule has 0 radical (unpaired) electrons. The zero-order valence-corrected chi connectivity index (χ0v) is 23.3. The van der Waals surface area contributed by atoms with Gasteiger partial charge in [-0.15, -0.1) is 11.3 Å². The second-order valence-electron chi connectivity index (χ2n) is 9.51. The van der Waals surface area contributed by atoms with Gasteiger partial charge in [0.25, 0.3) is 0 Å². The highest BCUT2D eigenvalue weighted by Crippen LogP contribution is 2.37. The van der Waals surface area contributed by atoms with Crippen molar-refractivity contribution < 1.29 is 9.47 Å². The summed E-state index contributed by atoms with van der Waals surface area (Å²) in [6, 6.07) is 13.0. The maximum absolute atomic E-state index is 6.15. The third-order valence-corrected chi connectivity index (χ3v) is 7.50. The van der Waals surface area contributed by atoms with Crippen molar-refractivity contribution in [2.24, 2.45) is 0 Å². The molecule has 4 nitrogen and oxygen atoms in total. The van der Waals surface area contributed by atoms with Gasteiger partial charge in [0, 0.05) is 33.3 Å². The first-order valence-corrected chi connectivity index (χ1v) is 14.7. The highest BCUT2D eigenvalue weighted by molar-refractivity contribution is 7.25. The lowest BCUT2D eigenvalue weighted by Crippen LogP contribution is -2.27. The van der Waals surface area contributed by atoms with Crippen LogP contribution in [0.2, 0.25) is 0 Å². The number of ether oxygens (including phenoxy) is 2. The van der Waals surface area contributed by atoms with Crippen LogP contribution in [0.3, 0.4) is 0 Å². The molecule has 3 rings (SSSR count). The summed E-state index contributed by atoms with van der Waals surface area (Å²) in [5.74, 6) is 1.93. The fourth-order valence-electron chi connectivity index (χ4n) is 4.81.